The van der Waals surface area contributed by atoms with Crippen molar-refractivity contribution >= 4 is 0 Å². The van der Waals surface area contributed by atoms with Crippen LogP contribution in [0.1, 0.15) is 11.4 Å². The van der Waals surface area contributed by atoms with Gasteiger partial charge in [-0.3, -0.25) is 4.68 Å². The summed E-state index contributed by atoms with van der Waals surface area (Å²) in [7, 11) is 0. The van der Waals surface area contributed by atoms with Crippen LogP contribution in [-0.4, -0.2) is 16.3 Å². The molecule has 1 aromatic rings. The lowest BCUT2D eigenvalue weighted by Crippen LogP contribution is -2.28. The van der Waals surface area contributed by atoms with Crippen LogP contribution < -0.4 is 5.32 Å². The fraction of sp³-hybridized carbons (Fsp3) is 0.571. The van der Waals surface area contributed by atoms with Gasteiger partial charge in [-0.05, 0) is 6.07 Å². The molecule has 0 fully saturated rings. The number of alkyl halides is 3. The number of hydrogen-bond donors (Lipinski definition) is 1. The molecule has 72 valence electrons. The van der Waals surface area contributed by atoms with Gasteiger partial charge in [-0.1, -0.05) is 0 Å². The Morgan fingerprint density at radius 3 is 2.85 bits per heavy atom. The maximum Gasteiger partial charge on any atom is 0.435 e. The molecule has 0 aliphatic carbocycles. The van der Waals surface area contributed by atoms with Gasteiger partial charge in [0, 0.05) is 13.1 Å². The first kappa shape index (κ1) is 8.55. The number of halogens is 3. The van der Waals surface area contributed by atoms with Crippen molar-refractivity contribution in [1.82, 2.24) is 15.1 Å². The fourth-order valence-electron chi connectivity index (χ4n) is 1.33. The largest absolute Gasteiger partial charge is 0.435 e. The molecule has 3 nitrogen and oxygen atoms in total. The van der Waals surface area contributed by atoms with Crippen molar-refractivity contribution < 1.29 is 13.2 Å². The van der Waals surface area contributed by atoms with E-state index in [2.05, 4.69) is 10.4 Å². The van der Waals surface area contributed by atoms with E-state index in [0.29, 0.717) is 25.3 Å². The highest BCUT2D eigenvalue weighted by molar-refractivity contribution is 5.14. The van der Waals surface area contributed by atoms with Gasteiger partial charge in [0.2, 0.25) is 0 Å². The van der Waals surface area contributed by atoms with E-state index in [1.807, 2.05) is 0 Å². The average Bonchev–Trinajstić information content (AvgIpc) is 2.45. The molecule has 0 radical (unpaired) electrons. The summed E-state index contributed by atoms with van der Waals surface area (Å²) in [6.45, 7) is 1.64. The zero-order chi connectivity index (χ0) is 9.47. The van der Waals surface area contributed by atoms with Crippen LogP contribution in [0.4, 0.5) is 13.2 Å². The summed E-state index contributed by atoms with van der Waals surface area (Å²) in [6, 6.07) is 1.09. The standard InChI is InChI=1S/C7H8F3N3/c8-7(9,10)6-3-5-4-11-1-2-13(5)12-6/h3,11H,1-2,4H2. The van der Waals surface area contributed by atoms with Crippen LogP contribution in [0.5, 0.6) is 0 Å². The third-order valence-corrected chi connectivity index (χ3v) is 1.96. The highest BCUT2D eigenvalue weighted by Crippen LogP contribution is 2.28. The van der Waals surface area contributed by atoms with E-state index in [9.17, 15) is 13.2 Å². The molecule has 13 heavy (non-hydrogen) atoms. The molecule has 6 heteroatoms. The third-order valence-electron chi connectivity index (χ3n) is 1.96. The summed E-state index contributed by atoms with van der Waals surface area (Å²) in [5, 5.41) is 6.45. The summed E-state index contributed by atoms with van der Waals surface area (Å²) >= 11 is 0. The van der Waals surface area contributed by atoms with Gasteiger partial charge < -0.3 is 5.32 Å². The predicted octanol–water partition coefficient (Wildman–Crippen LogP) is 1.01. The van der Waals surface area contributed by atoms with E-state index in [4.69, 9.17) is 0 Å². The van der Waals surface area contributed by atoms with Crippen LogP contribution >= 0.6 is 0 Å². The fourth-order valence-corrected chi connectivity index (χ4v) is 1.33. The molecule has 0 unspecified atom stereocenters. The van der Waals surface area contributed by atoms with E-state index in [-0.39, 0.29) is 0 Å². The van der Waals surface area contributed by atoms with Crippen LogP contribution in [0.2, 0.25) is 0 Å². The zero-order valence-corrected chi connectivity index (χ0v) is 6.73. The summed E-state index contributed by atoms with van der Waals surface area (Å²) in [6.07, 6.45) is -4.33. The molecule has 1 aromatic heterocycles. The molecule has 1 aliphatic heterocycles. The molecule has 0 bridgehead atoms. The molecule has 0 amide bonds. The van der Waals surface area contributed by atoms with Crippen molar-refractivity contribution in [2.24, 2.45) is 0 Å². The number of nitrogens with zero attached hydrogens (tertiary/aromatic N) is 2. The zero-order valence-electron chi connectivity index (χ0n) is 6.73. The molecule has 0 saturated heterocycles. The van der Waals surface area contributed by atoms with Gasteiger partial charge in [-0.15, -0.1) is 0 Å². The van der Waals surface area contributed by atoms with Crippen LogP contribution in [0.25, 0.3) is 0 Å². The second-order valence-electron chi connectivity index (χ2n) is 2.92. The van der Waals surface area contributed by atoms with Crippen LogP contribution in [0.15, 0.2) is 6.07 Å². The molecular formula is C7H8F3N3. The van der Waals surface area contributed by atoms with Gasteiger partial charge in [-0.2, -0.15) is 18.3 Å². The maximum atomic E-state index is 12.2. The van der Waals surface area contributed by atoms with E-state index in [1.54, 1.807) is 0 Å². The Kier molecular flexibility index (Phi) is 1.80. The molecule has 1 N–H and O–H groups in total. The van der Waals surface area contributed by atoms with Crippen LogP contribution in [0, 0.1) is 0 Å². The molecular weight excluding hydrogens is 183 g/mol. The first-order valence-corrected chi connectivity index (χ1v) is 3.92. The van der Waals surface area contributed by atoms with Gasteiger partial charge in [0.25, 0.3) is 0 Å². The summed E-state index contributed by atoms with van der Waals surface area (Å²) in [5.41, 5.74) is -0.204. The predicted molar refractivity (Wildman–Crippen MR) is 38.9 cm³/mol. The summed E-state index contributed by atoms with van der Waals surface area (Å²) in [5.74, 6) is 0. The quantitative estimate of drug-likeness (QED) is 0.663. The Labute approximate surface area is 72.5 Å². The molecule has 0 spiro atoms. The van der Waals surface area contributed by atoms with Crippen molar-refractivity contribution in [3.05, 3.63) is 17.5 Å². The minimum absolute atomic E-state index is 0.461. The lowest BCUT2D eigenvalue weighted by atomic mass is 10.3. The highest BCUT2D eigenvalue weighted by atomic mass is 19.4. The molecule has 0 atom stereocenters. The Hall–Kier alpha value is -1.04. The third kappa shape index (κ3) is 1.53. The van der Waals surface area contributed by atoms with Crippen LogP contribution in [-0.2, 0) is 19.3 Å². The number of nitrogens with one attached hydrogen (secondary N) is 1. The lowest BCUT2D eigenvalue weighted by molar-refractivity contribution is -0.141. The molecule has 0 saturated carbocycles. The van der Waals surface area contributed by atoms with Gasteiger partial charge in [-0.25, -0.2) is 0 Å². The van der Waals surface area contributed by atoms with E-state index >= 15 is 0 Å². The summed E-state index contributed by atoms with van der Waals surface area (Å²) < 4.78 is 37.9. The molecule has 1 aliphatic rings. The minimum atomic E-state index is -4.33. The normalized spacial score (nSPS) is 17.2. The van der Waals surface area contributed by atoms with Gasteiger partial charge in [0.05, 0.1) is 12.2 Å². The molecule has 0 aromatic carbocycles. The van der Waals surface area contributed by atoms with Crippen molar-refractivity contribution in [2.75, 3.05) is 6.54 Å². The Bertz CT molecular complexity index is 292. The first-order chi connectivity index (χ1) is 6.07. The van der Waals surface area contributed by atoms with Crippen molar-refractivity contribution in [3.63, 3.8) is 0 Å². The number of hydrogen-bond acceptors (Lipinski definition) is 2. The second kappa shape index (κ2) is 2.73. The lowest BCUT2D eigenvalue weighted by Gasteiger charge is -2.13. The second-order valence-corrected chi connectivity index (χ2v) is 2.92. The minimum Gasteiger partial charge on any atom is -0.309 e. The molecule has 2 heterocycles. The van der Waals surface area contributed by atoms with Gasteiger partial charge in [0.1, 0.15) is 0 Å². The Morgan fingerprint density at radius 2 is 2.23 bits per heavy atom. The van der Waals surface area contributed by atoms with E-state index in [0.717, 1.165) is 6.07 Å². The first-order valence-electron chi connectivity index (χ1n) is 3.92. The maximum absolute atomic E-state index is 12.2. The van der Waals surface area contributed by atoms with E-state index < -0.39 is 11.9 Å². The highest BCUT2D eigenvalue weighted by Gasteiger charge is 2.35. The van der Waals surface area contributed by atoms with Crippen molar-refractivity contribution in [2.45, 2.75) is 19.3 Å². The number of fused-ring (bicyclic) bond motifs is 1. The topological polar surface area (TPSA) is 29.9 Å². The van der Waals surface area contributed by atoms with Gasteiger partial charge >= 0.3 is 6.18 Å². The van der Waals surface area contributed by atoms with Crippen molar-refractivity contribution in [3.8, 4) is 0 Å². The molecule has 2 rings (SSSR count). The number of aromatic nitrogens is 2. The number of rotatable bonds is 0. The average molecular weight is 191 g/mol. The Morgan fingerprint density at radius 1 is 1.46 bits per heavy atom. The monoisotopic (exact) mass is 191 g/mol. The van der Waals surface area contributed by atoms with E-state index in [1.165, 1.54) is 4.68 Å². The van der Waals surface area contributed by atoms with Gasteiger partial charge in [0.15, 0.2) is 5.69 Å². The smallest absolute Gasteiger partial charge is 0.309 e. The van der Waals surface area contributed by atoms with Crippen LogP contribution in [0.3, 0.4) is 0 Å². The van der Waals surface area contributed by atoms with Crippen molar-refractivity contribution in [1.29, 1.82) is 0 Å². The Balaban J connectivity index is 2.36. The summed E-state index contributed by atoms with van der Waals surface area (Å²) in [4.78, 5) is 0. The SMILES string of the molecule is FC(F)(F)c1cc2n(n1)CCNC2.